The Morgan fingerprint density at radius 1 is 0.243 bits per heavy atom. The molecule has 0 saturated carbocycles. The third-order valence-corrected chi connectivity index (χ3v) is 27.8. The van der Waals surface area contributed by atoms with Gasteiger partial charge in [0.15, 0.2) is 0 Å². The maximum atomic E-state index is 3.83. The summed E-state index contributed by atoms with van der Waals surface area (Å²) in [5, 5.41) is 0. The predicted molar refractivity (Wildman–Crippen MR) is 661 cm³/mol. The summed E-state index contributed by atoms with van der Waals surface area (Å²) in [7, 11) is 53.5. The molecule has 0 fully saturated rings. The molecule has 20 heteroatoms. The molecule has 0 aromatic rings. The maximum absolute atomic E-state index is 3.83. The van der Waals surface area contributed by atoms with E-state index in [1.165, 1.54) is 241 Å². The normalized spacial score (nSPS) is 12.3. The highest BCUT2D eigenvalue weighted by atomic mass is 15.4. The highest BCUT2D eigenvalue weighted by Crippen LogP contribution is 2.20. The van der Waals surface area contributed by atoms with Gasteiger partial charge in [-0.05, 0) is 270 Å². The molecule has 0 aromatic carbocycles. The van der Waals surface area contributed by atoms with E-state index in [-0.39, 0.29) is 0 Å². The molecule has 0 aliphatic heterocycles. The summed E-state index contributed by atoms with van der Waals surface area (Å²) in [4.78, 5) is 23.7. The van der Waals surface area contributed by atoms with Crippen LogP contribution in [-0.4, -0.2) is 564 Å². The van der Waals surface area contributed by atoms with Gasteiger partial charge >= 0.3 is 0 Å². The van der Waals surface area contributed by atoms with Gasteiger partial charge in [-0.1, -0.05) is 165 Å². The van der Waals surface area contributed by atoms with Crippen molar-refractivity contribution in [1.82, 2.24) is 49.0 Å². The van der Waals surface area contributed by atoms with Crippen molar-refractivity contribution in [1.29, 1.82) is 0 Å². The van der Waals surface area contributed by atoms with Gasteiger partial charge in [0.1, 0.15) is 6.54 Å². The monoisotopic (exact) mass is 2040 g/mol. The van der Waals surface area contributed by atoms with Crippen LogP contribution in [-0.2, 0) is 0 Å². The van der Waals surface area contributed by atoms with Crippen LogP contribution in [0.3, 0.4) is 0 Å². The molecule has 0 saturated heterocycles. The van der Waals surface area contributed by atoms with E-state index in [2.05, 4.69) is 445 Å². The van der Waals surface area contributed by atoms with Crippen LogP contribution in [0.15, 0.2) is 126 Å². The lowest BCUT2D eigenvalue weighted by molar-refractivity contribution is -0.909. The fourth-order valence-electron chi connectivity index (χ4n) is 16.6. The Hall–Kier alpha value is -3.84. The van der Waals surface area contributed by atoms with Crippen LogP contribution >= 0.6 is 0 Å². The van der Waals surface area contributed by atoms with Crippen LogP contribution in [0.2, 0.25) is 0 Å². The molecule has 0 amide bonds. The molecule has 0 atom stereocenters. The molecule has 0 heterocycles. The van der Waals surface area contributed by atoms with Crippen molar-refractivity contribution in [3.8, 4) is 11.8 Å². The first kappa shape index (κ1) is 160. The third kappa shape index (κ3) is 114. The molecule has 860 valence electrons. The Kier molecular flexibility index (Phi) is 111. The lowest BCUT2D eigenvalue weighted by atomic mass is 9.92. The van der Waals surface area contributed by atoms with Crippen molar-refractivity contribution in [2.45, 2.75) is 209 Å². The molecule has 0 bridgehead atoms. The van der Waals surface area contributed by atoms with Crippen molar-refractivity contribution < 1.29 is 44.8 Å². The van der Waals surface area contributed by atoms with Crippen molar-refractivity contribution in [2.24, 2.45) is 5.41 Å². The summed E-state index contributed by atoms with van der Waals surface area (Å²) in [6.07, 6.45) is 39.3. The molecule has 0 N–H and O–H groups in total. The Morgan fingerprint density at radius 3 is 1.00 bits per heavy atom. The zero-order chi connectivity index (χ0) is 113. The van der Waals surface area contributed by atoms with Gasteiger partial charge in [-0.3, -0.25) is 19.6 Å². The Morgan fingerprint density at radius 2 is 0.625 bits per heavy atom. The predicted octanol–water partition coefficient (Wildman–Crippen LogP) is 20.4. The molecular weight excluding hydrogens is 1770 g/mol. The van der Waals surface area contributed by atoms with Gasteiger partial charge in [-0.25, -0.2) is 0 Å². The third-order valence-electron chi connectivity index (χ3n) is 27.8. The zero-order valence-electron chi connectivity index (χ0n) is 107. The second kappa shape index (κ2) is 99.8. The van der Waals surface area contributed by atoms with Crippen molar-refractivity contribution >= 4 is 0 Å². The quantitative estimate of drug-likeness (QED) is 0.0254. The molecule has 0 rings (SSSR count). The second-order valence-corrected chi connectivity index (χ2v) is 47.7. The highest BCUT2D eigenvalue weighted by Gasteiger charge is 2.28. The summed E-state index contributed by atoms with van der Waals surface area (Å²) in [6, 6.07) is 0. The van der Waals surface area contributed by atoms with E-state index >= 15 is 0 Å². The van der Waals surface area contributed by atoms with Crippen molar-refractivity contribution in [2.75, 3.05) is 470 Å². The molecule has 0 aliphatic rings. The standard InChI is InChI=1S/C17H39N2.C17H29N2.C15H27N2.C13H27N2.C12H29N2.2C11H27N2.C10H25N2.C9H21N2.C9H23N2/c2*1-6-12-18(13-7-2)14-10-11-17-19(5,15-8-3)16-9-4;1-6-10-16(11-7-2)12-15-17(5,13-8-3)14-9-4;1-6-14(7-2)12-10-11-13-15(5,8-3)9-4;1-6-13(7-2)11-10-12-14(5,8-3)9-4;1-12(2)10-8-6-7-9-11-13(3,4)5;1-6-12(7-2)10-11-13(5,8-3)9-4;1-10(2,8-11(3)4)9-12(5,6)7;1-10(2)8-6-7-9-11(3,4)5;1-6-10(3)8-9-11(4,5)7-2/h6-17H2,1-5H3;6-11H,1-4,12-17H2,5H3;6-9H,1-4,10-15H2,5H3;6-9,12-13H2,1-5H3;6-12H2,1-5H3;2*6-11H2,1-5H3;8-9H2,1-7H3;6-7H,8-9H2,1-5H3;6-9H2,1-5H3/q10*+1/b;11-10+;;;;;;;7-6+;. The van der Waals surface area contributed by atoms with Gasteiger partial charge in [-0.15, -0.1) is 26.3 Å². The fourth-order valence-corrected chi connectivity index (χ4v) is 16.6. The van der Waals surface area contributed by atoms with Crippen LogP contribution in [0, 0.1) is 17.3 Å². The second-order valence-electron chi connectivity index (χ2n) is 47.7. The van der Waals surface area contributed by atoms with Crippen LogP contribution in [0.5, 0.6) is 0 Å². The lowest BCUT2D eigenvalue weighted by Crippen LogP contribution is -2.49. The van der Waals surface area contributed by atoms with Gasteiger partial charge < -0.3 is 74.2 Å². The Bertz CT molecular complexity index is 2900. The summed E-state index contributed by atoms with van der Waals surface area (Å²) in [6.45, 7) is 128. The van der Waals surface area contributed by atoms with E-state index in [1.54, 1.807) is 0 Å². The van der Waals surface area contributed by atoms with Crippen LogP contribution in [0.25, 0.3) is 0 Å². The summed E-state index contributed by atoms with van der Waals surface area (Å²) in [5.41, 5.74) is 0.405. The van der Waals surface area contributed by atoms with E-state index in [0.717, 1.165) is 175 Å². The number of likely N-dealkylation sites (N-methyl/N-ethyl adjacent to an activating group) is 8. The number of unbranched alkanes of at least 4 members (excludes halogenated alkanes) is 4. The van der Waals surface area contributed by atoms with E-state index in [9.17, 15) is 0 Å². The molecule has 0 aliphatic carbocycles. The number of hydrogen-bond acceptors (Lipinski definition) is 10. The number of quaternary nitrogens is 10. The van der Waals surface area contributed by atoms with Gasteiger partial charge in [-0.2, -0.15) is 0 Å². The largest absolute Gasteiger partial charge is 0.331 e. The number of hydrogen-bond donors (Lipinski definition) is 0. The molecule has 0 spiro atoms. The van der Waals surface area contributed by atoms with E-state index in [4.69, 9.17) is 0 Å². The minimum Gasteiger partial charge on any atom is -0.331 e. The molecule has 0 unspecified atom stereocenters. The molecule has 144 heavy (non-hydrogen) atoms. The first-order valence-corrected chi connectivity index (χ1v) is 58.0. The van der Waals surface area contributed by atoms with Crippen LogP contribution in [0.1, 0.15) is 209 Å². The molecule has 0 aromatic heterocycles. The fraction of sp³-hybridized carbons (Fsp3) is 0.823. The van der Waals surface area contributed by atoms with Crippen LogP contribution in [0.4, 0.5) is 0 Å². The molecule has 0 radical (unpaired) electrons. The molecular formula is C124H274N20+10. The minimum absolute atomic E-state index is 0.405. The smallest absolute Gasteiger partial charge is 0.140 e. The topological polar surface area (TPSA) is 32.4 Å². The number of nitrogens with zero attached hydrogens (tertiary/aromatic N) is 20. The summed E-state index contributed by atoms with van der Waals surface area (Å²) < 4.78 is 10.9. The average Bonchev–Trinajstić information content (AvgIpc) is 0.864. The Labute approximate surface area is 910 Å². The lowest BCUT2D eigenvalue weighted by Gasteiger charge is -2.35. The van der Waals surface area contributed by atoms with E-state index in [1.807, 2.05) is 48.6 Å². The van der Waals surface area contributed by atoms with Gasteiger partial charge in [0, 0.05) is 83.8 Å². The van der Waals surface area contributed by atoms with E-state index in [0.29, 0.717) is 5.41 Å². The zero-order valence-corrected chi connectivity index (χ0v) is 107. The SMILES string of the molecule is C=CCN(CC=C)C/C=C/C[N+](C)(CC=C)CC=C.C=CCN(CC=C)CC[N+](C)(CC=C)CC=C.CCCN(CCC)CCCC[N+](C)(CCC)CCC.CCN(C)CC[N+](C)(C)CC.CCN(CC)CC#CC[N+](C)(CC)CC.CCN(CC)CCC[N+](C)(CC)CC.CCN(CC)CC[N+](C)(CC)CC.CN(C)C/C=C/C[N+](C)(C)C.CN(C)CC(C)(C)C[N+](C)(C)C.CN(C)CCCCCC[N+](C)(C)C. The van der Waals surface area contributed by atoms with Gasteiger partial charge in [0.05, 0.1) is 270 Å². The maximum Gasteiger partial charge on any atom is 0.140 e. The first-order valence-electron chi connectivity index (χ1n) is 58.0. The van der Waals surface area contributed by atoms with Crippen molar-refractivity contribution in [3.63, 3.8) is 0 Å². The van der Waals surface area contributed by atoms with E-state index < -0.39 is 0 Å². The highest BCUT2D eigenvalue weighted by molar-refractivity contribution is 5.01. The summed E-state index contributed by atoms with van der Waals surface area (Å²) in [5.74, 6) is 6.58. The van der Waals surface area contributed by atoms with Crippen molar-refractivity contribution in [3.05, 3.63) is 126 Å². The molecule has 20 nitrogen and oxygen atoms in total. The Balaban J connectivity index is -0.000000174. The number of rotatable bonds is 77. The van der Waals surface area contributed by atoms with Crippen LogP contribution < -0.4 is 0 Å². The van der Waals surface area contributed by atoms with Gasteiger partial charge in [0.2, 0.25) is 0 Å². The van der Waals surface area contributed by atoms with Gasteiger partial charge in [0.25, 0.3) is 0 Å². The minimum atomic E-state index is 0.405. The summed E-state index contributed by atoms with van der Waals surface area (Å²) >= 11 is 0. The average molecular weight is 2050 g/mol. The first-order chi connectivity index (χ1) is 67.2.